The zero-order valence-electron chi connectivity index (χ0n) is 19.2. The van der Waals surface area contributed by atoms with Gasteiger partial charge >= 0.3 is 6.03 Å². The van der Waals surface area contributed by atoms with Gasteiger partial charge in [-0.05, 0) is 59.2 Å². The van der Waals surface area contributed by atoms with E-state index in [1.807, 2.05) is 79.8 Å². The molecular formula is C27H27N5O2. The van der Waals surface area contributed by atoms with Gasteiger partial charge in [0.2, 0.25) is 0 Å². The first kappa shape index (κ1) is 22.8. The van der Waals surface area contributed by atoms with E-state index in [9.17, 15) is 4.79 Å². The molecule has 0 saturated heterocycles. The van der Waals surface area contributed by atoms with Crippen LogP contribution in [0.1, 0.15) is 11.1 Å². The third-order valence-electron chi connectivity index (χ3n) is 5.22. The van der Waals surface area contributed by atoms with E-state index in [1.165, 1.54) is 0 Å². The van der Waals surface area contributed by atoms with Gasteiger partial charge in [-0.25, -0.2) is 9.78 Å². The Bertz CT molecular complexity index is 1210. The Kier molecular flexibility index (Phi) is 7.35. The molecule has 0 unspecified atom stereocenters. The molecule has 0 bridgehead atoms. The summed E-state index contributed by atoms with van der Waals surface area (Å²) in [6, 6.07) is 23.0. The Morgan fingerprint density at radius 1 is 0.941 bits per heavy atom. The van der Waals surface area contributed by atoms with Gasteiger partial charge in [-0.1, -0.05) is 30.3 Å². The van der Waals surface area contributed by atoms with Crippen LogP contribution in [0.5, 0.6) is 5.75 Å². The van der Waals surface area contributed by atoms with Gasteiger partial charge in [-0.15, -0.1) is 0 Å². The molecule has 7 nitrogen and oxygen atoms in total. The average molecular weight is 454 g/mol. The van der Waals surface area contributed by atoms with Gasteiger partial charge in [0, 0.05) is 50.5 Å². The van der Waals surface area contributed by atoms with Crippen LogP contribution in [0, 0.1) is 0 Å². The monoisotopic (exact) mass is 453 g/mol. The van der Waals surface area contributed by atoms with E-state index >= 15 is 0 Å². The second-order valence-electron chi connectivity index (χ2n) is 7.94. The molecule has 0 spiro atoms. The quantitative estimate of drug-likeness (QED) is 0.388. The normalized spacial score (nSPS) is 10.4. The number of amides is 2. The molecule has 4 rings (SSSR count). The molecule has 34 heavy (non-hydrogen) atoms. The smallest absolute Gasteiger partial charge is 0.319 e. The summed E-state index contributed by atoms with van der Waals surface area (Å²) in [4.78, 5) is 22.7. The summed E-state index contributed by atoms with van der Waals surface area (Å²) in [5.74, 6) is 1.63. The van der Waals surface area contributed by atoms with Crippen molar-refractivity contribution in [2.24, 2.45) is 0 Å². The molecule has 0 saturated carbocycles. The third kappa shape index (κ3) is 6.10. The second kappa shape index (κ2) is 11.0. The molecule has 0 aliphatic heterocycles. The van der Waals surface area contributed by atoms with E-state index in [-0.39, 0.29) is 6.03 Å². The highest BCUT2D eigenvalue weighted by molar-refractivity contribution is 5.89. The first-order valence-corrected chi connectivity index (χ1v) is 11.0. The summed E-state index contributed by atoms with van der Waals surface area (Å²) < 4.78 is 6.02. The molecule has 7 heteroatoms. The van der Waals surface area contributed by atoms with Crippen molar-refractivity contribution in [1.82, 2.24) is 15.3 Å². The van der Waals surface area contributed by atoms with Crippen molar-refractivity contribution in [3.63, 3.8) is 0 Å². The predicted octanol–water partition coefficient (Wildman–Crippen LogP) is 5.11. The number of hydrogen-bond acceptors (Lipinski definition) is 5. The van der Waals surface area contributed by atoms with Crippen molar-refractivity contribution >= 4 is 17.5 Å². The van der Waals surface area contributed by atoms with E-state index < -0.39 is 0 Å². The highest BCUT2D eigenvalue weighted by Gasteiger charge is 2.08. The van der Waals surface area contributed by atoms with E-state index in [1.54, 1.807) is 12.4 Å². The number of urea groups is 1. The van der Waals surface area contributed by atoms with Gasteiger partial charge < -0.3 is 20.3 Å². The van der Waals surface area contributed by atoms with Gasteiger partial charge in [0.05, 0.1) is 0 Å². The topological polar surface area (TPSA) is 79.4 Å². The molecule has 0 aliphatic rings. The Balaban J connectivity index is 1.33. The van der Waals surface area contributed by atoms with Gasteiger partial charge in [0.25, 0.3) is 0 Å². The molecule has 2 heterocycles. The number of anilines is 2. The number of pyridine rings is 2. The zero-order chi connectivity index (χ0) is 23.8. The Morgan fingerprint density at radius 2 is 1.76 bits per heavy atom. The highest BCUT2D eigenvalue weighted by Crippen LogP contribution is 2.26. The SMILES string of the molecule is CN(C)c1ccc(-c2ccccc2COc2ccc(NC(=O)NCc3cccnc3)cc2)cn1. The maximum atomic E-state index is 12.1. The summed E-state index contributed by atoms with van der Waals surface area (Å²) >= 11 is 0. The lowest BCUT2D eigenvalue weighted by molar-refractivity contribution is 0.251. The van der Waals surface area contributed by atoms with Crippen molar-refractivity contribution in [3.8, 4) is 16.9 Å². The lowest BCUT2D eigenvalue weighted by atomic mass is 10.0. The maximum absolute atomic E-state index is 12.1. The molecule has 172 valence electrons. The van der Waals surface area contributed by atoms with Crippen LogP contribution in [-0.4, -0.2) is 30.1 Å². The fourth-order valence-electron chi connectivity index (χ4n) is 3.39. The first-order chi connectivity index (χ1) is 16.6. The lowest BCUT2D eigenvalue weighted by Crippen LogP contribution is -2.28. The Labute approximate surface area is 199 Å². The lowest BCUT2D eigenvalue weighted by Gasteiger charge is -2.14. The number of nitrogens with zero attached hydrogens (tertiary/aromatic N) is 3. The zero-order valence-corrected chi connectivity index (χ0v) is 19.2. The minimum Gasteiger partial charge on any atom is -0.489 e. The summed E-state index contributed by atoms with van der Waals surface area (Å²) in [6.45, 7) is 0.831. The summed E-state index contributed by atoms with van der Waals surface area (Å²) in [6.07, 6.45) is 5.30. The van der Waals surface area contributed by atoms with Crippen LogP contribution in [0.4, 0.5) is 16.3 Å². The molecule has 2 amide bonds. The highest BCUT2D eigenvalue weighted by atomic mass is 16.5. The molecule has 4 aromatic rings. The number of aromatic nitrogens is 2. The fraction of sp³-hybridized carbons (Fsp3) is 0.148. The summed E-state index contributed by atoms with van der Waals surface area (Å²) in [5.41, 5.74) is 4.82. The van der Waals surface area contributed by atoms with E-state index in [0.717, 1.165) is 33.8 Å². The van der Waals surface area contributed by atoms with E-state index in [4.69, 9.17) is 4.74 Å². The van der Waals surface area contributed by atoms with Crippen LogP contribution in [0.15, 0.2) is 91.4 Å². The molecular weight excluding hydrogens is 426 g/mol. The first-order valence-electron chi connectivity index (χ1n) is 11.0. The number of rotatable bonds is 8. The predicted molar refractivity (Wildman–Crippen MR) is 135 cm³/mol. The molecule has 0 aliphatic carbocycles. The average Bonchev–Trinajstić information content (AvgIpc) is 2.88. The van der Waals surface area contributed by atoms with Gasteiger partial charge in [0.1, 0.15) is 18.2 Å². The molecule has 2 aromatic carbocycles. The van der Waals surface area contributed by atoms with Crippen LogP contribution in [0.2, 0.25) is 0 Å². The van der Waals surface area contributed by atoms with Crippen LogP contribution in [0.3, 0.4) is 0 Å². The number of benzene rings is 2. The van der Waals surface area contributed by atoms with Gasteiger partial charge in [0.15, 0.2) is 0 Å². The minimum atomic E-state index is -0.277. The van der Waals surface area contributed by atoms with Crippen molar-refractivity contribution in [1.29, 1.82) is 0 Å². The van der Waals surface area contributed by atoms with Crippen molar-refractivity contribution in [2.45, 2.75) is 13.2 Å². The summed E-state index contributed by atoms with van der Waals surface area (Å²) in [5, 5.41) is 5.63. The Morgan fingerprint density at radius 3 is 2.47 bits per heavy atom. The number of nitrogens with one attached hydrogen (secondary N) is 2. The number of hydrogen-bond donors (Lipinski definition) is 2. The minimum absolute atomic E-state index is 0.277. The van der Waals surface area contributed by atoms with Gasteiger partial charge in [-0.2, -0.15) is 0 Å². The van der Waals surface area contributed by atoms with Crippen LogP contribution < -0.4 is 20.3 Å². The van der Waals surface area contributed by atoms with E-state index in [2.05, 4.69) is 38.8 Å². The number of carbonyl (C=O) groups excluding carboxylic acids is 1. The molecule has 0 fully saturated rings. The van der Waals surface area contributed by atoms with Crippen molar-refractivity contribution in [2.75, 3.05) is 24.3 Å². The standard InChI is InChI=1S/C27H27N5O2/c1-32(2)26-14-9-21(18-29-26)25-8-4-3-7-22(25)19-34-24-12-10-23(11-13-24)31-27(33)30-17-20-6-5-15-28-16-20/h3-16,18H,17,19H2,1-2H3,(H2,30,31,33). The van der Waals surface area contributed by atoms with E-state index in [0.29, 0.717) is 18.8 Å². The second-order valence-corrected chi connectivity index (χ2v) is 7.94. The Hall–Kier alpha value is -4.39. The molecule has 0 atom stereocenters. The largest absolute Gasteiger partial charge is 0.489 e. The van der Waals surface area contributed by atoms with Crippen LogP contribution >= 0.6 is 0 Å². The molecule has 2 aromatic heterocycles. The van der Waals surface area contributed by atoms with Crippen molar-refractivity contribution < 1.29 is 9.53 Å². The number of ether oxygens (including phenoxy) is 1. The molecule has 2 N–H and O–H groups in total. The summed E-state index contributed by atoms with van der Waals surface area (Å²) in [7, 11) is 3.94. The van der Waals surface area contributed by atoms with Gasteiger partial charge in [-0.3, -0.25) is 4.98 Å². The molecule has 0 radical (unpaired) electrons. The van der Waals surface area contributed by atoms with Crippen LogP contribution in [-0.2, 0) is 13.2 Å². The fourth-order valence-corrected chi connectivity index (χ4v) is 3.39. The van der Waals surface area contributed by atoms with Crippen LogP contribution in [0.25, 0.3) is 11.1 Å². The third-order valence-corrected chi connectivity index (χ3v) is 5.22. The number of carbonyl (C=O) groups is 1. The van der Waals surface area contributed by atoms with Crippen molar-refractivity contribution in [3.05, 3.63) is 103 Å². The maximum Gasteiger partial charge on any atom is 0.319 e.